The molecule has 0 unspecified atom stereocenters. The quantitative estimate of drug-likeness (QED) is 0.658. The molecule has 1 aliphatic carbocycles. The highest BCUT2D eigenvalue weighted by Crippen LogP contribution is 2.52. The van der Waals surface area contributed by atoms with Crippen LogP contribution in [0.15, 0.2) is 36.4 Å². The van der Waals surface area contributed by atoms with Crippen molar-refractivity contribution in [1.29, 1.82) is 0 Å². The van der Waals surface area contributed by atoms with E-state index < -0.39 is 12.1 Å². The number of aryl methyl sites for hydroxylation is 1. The fourth-order valence-corrected chi connectivity index (χ4v) is 6.62. The van der Waals surface area contributed by atoms with E-state index in [-0.39, 0.29) is 17.3 Å². The number of rotatable bonds is 5. The first-order chi connectivity index (χ1) is 15.8. The largest absolute Gasteiger partial charge is 0.530 e. The molecule has 5 heteroatoms. The number of hydrogen-bond donors (Lipinski definition) is 0. The van der Waals surface area contributed by atoms with Crippen LogP contribution in [0.1, 0.15) is 62.8 Å². The number of benzene rings is 2. The predicted molar refractivity (Wildman–Crippen MR) is 126 cm³/mol. The van der Waals surface area contributed by atoms with Crippen molar-refractivity contribution in [3.63, 3.8) is 0 Å². The Balaban J connectivity index is 1.52. The summed E-state index contributed by atoms with van der Waals surface area (Å²) in [6, 6.07) is 11.2. The maximum Gasteiger partial charge on any atom is 0.137 e. The molecule has 0 radical (unpaired) electrons. The number of carbonyl (C=O) groups excluding carboxylic acids is 1. The highest BCUT2D eigenvalue weighted by atomic mass is 19.1. The summed E-state index contributed by atoms with van der Waals surface area (Å²) in [6.07, 6.45) is 3.74. The van der Waals surface area contributed by atoms with Crippen molar-refractivity contribution in [2.24, 2.45) is 11.3 Å². The monoisotopic (exact) mass is 449 g/mol. The third kappa shape index (κ3) is 3.95. The molecule has 33 heavy (non-hydrogen) atoms. The Kier molecular flexibility index (Phi) is 5.72. The maximum absolute atomic E-state index is 15.5. The van der Waals surface area contributed by atoms with Gasteiger partial charge in [-0.3, -0.25) is 0 Å². The summed E-state index contributed by atoms with van der Waals surface area (Å²) in [7, 11) is 0. The molecular formula is C28H34FN2O2-. The van der Waals surface area contributed by atoms with Crippen molar-refractivity contribution < 1.29 is 14.3 Å². The summed E-state index contributed by atoms with van der Waals surface area (Å²) < 4.78 is 15.5. The fourth-order valence-electron chi connectivity index (χ4n) is 6.62. The van der Waals surface area contributed by atoms with Crippen LogP contribution in [-0.4, -0.2) is 41.6 Å². The number of halogens is 1. The number of carboxylic acid groups (broad SMARTS) is 1. The molecule has 2 atom stereocenters. The molecule has 6 rings (SSSR count). The van der Waals surface area contributed by atoms with Crippen LogP contribution < -0.4 is 5.11 Å². The SMILES string of the molecule is CCCc1ccc(-c2cc3c(cc2F)[C@H](N(C(=O)[O-])[C@@H]2CN4CCC2CC4)C(C)(C)C3)cc1. The molecule has 0 aromatic heterocycles. The summed E-state index contributed by atoms with van der Waals surface area (Å²) in [5.41, 5.74) is 4.24. The molecule has 176 valence electrons. The minimum absolute atomic E-state index is 0.0819. The number of hydrogen-bond acceptors (Lipinski definition) is 3. The number of amides is 1. The van der Waals surface area contributed by atoms with E-state index in [0.29, 0.717) is 11.5 Å². The summed E-state index contributed by atoms with van der Waals surface area (Å²) in [5.74, 6) is 0.0745. The van der Waals surface area contributed by atoms with E-state index >= 15 is 4.39 Å². The fraction of sp³-hybridized carbons (Fsp3) is 0.536. The van der Waals surface area contributed by atoms with Crippen LogP contribution in [0.5, 0.6) is 0 Å². The van der Waals surface area contributed by atoms with Gasteiger partial charge in [0.2, 0.25) is 0 Å². The molecule has 0 saturated carbocycles. The second kappa shape index (κ2) is 8.43. The van der Waals surface area contributed by atoms with Crippen LogP contribution in [0.25, 0.3) is 11.1 Å². The molecular weight excluding hydrogens is 415 g/mol. The van der Waals surface area contributed by atoms with Crippen molar-refractivity contribution >= 4 is 6.09 Å². The third-order valence-corrected chi connectivity index (χ3v) is 8.18. The van der Waals surface area contributed by atoms with Crippen molar-refractivity contribution in [2.75, 3.05) is 19.6 Å². The second-order valence-corrected chi connectivity index (χ2v) is 10.9. The van der Waals surface area contributed by atoms with Gasteiger partial charge in [0.05, 0.1) is 6.04 Å². The zero-order chi connectivity index (χ0) is 23.3. The normalized spacial score (nSPS) is 27.4. The average Bonchev–Trinajstić information content (AvgIpc) is 3.04. The van der Waals surface area contributed by atoms with Gasteiger partial charge in [0, 0.05) is 18.2 Å². The maximum atomic E-state index is 15.5. The Morgan fingerprint density at radius 1 is 1.18 bits per heavy atom. The van der Waals surface area contributed by atoms with Gasteiger partial charge >= 0.3 is 0 Å². The van der Waals surface area contributed by atoms with Crippen molar-refractivity contribution in [3.05, 3.63) is 58.9 Å². The van der Waals surface area contributed by atoms with E-state index in [1.54, 1.807) is 11.0 Å². The third-order valence-electron chi connectivity index (χ3n) is 8.18. The first-order valence-corrected chi connectivity index (χ1v) is 12.4. The predicted octanol–water partition coefficient (Wildman–Crippen LogP) is 4.81. The average molecular weight is 450 g/mol. The van der Waals surface area contributed by atoms with Gasteiger partial charge in [-0.15, -0.1) is 0 Å². The van der Waals surface area contributed by atoms with Gasteiger partial charge in [0.15, 0.2) is 0 Å². The summed E-state index contributed by atoms with van der Waals surface area (Å²) in [5, 5.41) is 12.5. The van der Waals surface area contributed by atoms with E-state index in [4.69, 9.17) is 0 Å². The number of nitrogens with zero attached hydrogens (tertiary/aromatic N) is 2. The van der Waals surface area contributed by atoms with Gasteiger partial charge in [0.25, 0.3) is 0 Å². The first kappa shape index (κ1) is 22.4. The Hall–Kier alpha value is -2.40. The smallest absolute Gasteiger partial charge is 0.137 e. The van der Waals surface area contributed by atoms with E-state index in [0.717, 1.165) is 68.4 Å². The number of carbonyl (C=O) groups is 1. The van der Waals surface area contributed by atoms with Crippen molar-refractivity contribution in [3.8, 4) is 11.1 Å². The zero-order valence-corrected chi connectivity index (χ0v) is 19.9. The van der Waals surface area contributed by atoms with Crippen LogP contribution in [0.2, 0.25) is 0 Å². The van der Waals surface area contributed by atoms with E-state index in [2.05, 4.69) is 37.8 Å². The molecule has 2 aromatic carbocycles. The summed E-state index contributed by atoms with van der Waals surface area (Å²) >= 11 is 0. The lowest BCUT2D eigenvalue weighted by atomic mass is 9.79. The molecule has 3 aliphatic heterocycles. The van der Waals surface area contributed by atoms with Crippen LogP contribution in [0.3, 0.4) is 0 Å². The van der Waals surface area contributed by atoms with Gasteiger partial charge in [0.1, 0.15) is 11.9 Å². The minimum Gasteiger partial charge on any atom is -0.530 e. The van der Waals surface area contributed by atoms with Crippen LogP contribution in [0, 0.1) is 17.2 Å². The van der Waals surface area contributed by atoms with Gasteiger partial charge < -0.3 is 19.7 Å². The topological polar surface area (TPSA) is 46.6 Å². The Labute approximate surface area is 196 Å². The highest BCUT2D eigenvalue weighted by Gasteiger charge is 2.48. The van der Waals surface area contributed by atoms with Crippen LogP contribution in [0.4, 0.5) is 9.18 Å². The lowest BCUT2D eigenvalue weighted by Crippen LogP contribution is -2.62. The Morgan fingerprint density at radius 3 is 2.45 bits per heavy atom. The molecule has 3 fully saturated rings. The second-order valence-electron chi connectivity index (χ2n) is 10.9. The molecule has 0 spiro atoms. The lowest BCUT2D eigenvalue weighted by molar-refractivity contribution is -0.276. The molecule has 1 amide bonds. The molecule has 3 heterocycles. The summed E-state index contributed by atoms with van der Waals surface area (Å²) in [4.78, 5) is 16.5. The lowest BCUT2D eigenvalue weighted by Gasteiger charge is -2.53. The first-order valence-electron chi connectivity index (χ1n) is 12.4. The van der Waals surface area contributed by atoms with Crippen LogP contribution in [-0.2, 0) is 12.8 Å². The highest BCUT2D eigenvalue weighted by molar-refractivity contribution is 5.69. The summed E-state index contributed by atoms with van der Waals surface area (Å²) in [6.45, 7) is 9.20. The van der Waals surface area contributed by atoms with Gasteiger partial charge in [-0.05, 0) is 84.5 Å². The van der Waals surface area contributed by atoms with E-state index in [1.807, 2.05) is 18.2 Å². The molecule has 4 nitrogen and oxygen atoms in total. The van der Waals surface area contributed by atoms with E-state index in [9.17, 15) is 9.90 Å². The molecule has 0 N–H and O–H groups in total. The van der Waals surface area contributed by atoms with Crippen LogP contribution >= 0.6 is 0 Å². The van der Waals surface area contributed by atoms with Crippen molar-refractivity contribution in [1.82, 2.24) is 9.80 Å². The number of fused-ring (bicyclic) bond motifs is 4. The molecule has 2 aromatic rings. The zero-order valence-electron chi connectivity index (χ0n) is 19.9. The van der Waals surface area contributed by atoms with E-state index in [1.165, 1.54) is 5.56 Å². The van der Waals surface area contributed by atoms with Gasteiger partial charge in [-0.25, -0.2) is 4.39 Å². The van der Waals surface area contributed by atoms with Gasteiger partial charge in [-0.1, -0.05) is 51.5 Å². The Morgan fingerprint density at radius 2 is 1.88 bits per heavy atom. The standard InChI is InChI=1S/C28H35FN2O2/c1-4-5-18-6-8-19(9-7-18)22-14-21-16-28(2,3)26(23(21)15-24(22)29)31(27(32)33)25-17-30-12-10-20(25)11-13-30/h6-9,14-15,20,25-26H,4-5,10-13,16-17H2,1-3H3,(H,32,33)/p-1/t25-,26+/m1/s1. The Bertz CT molecular complexity index is 1040. The molecule has 2 bridgehead atoms. The number of piperidine rings is 3. The molecule has 4 aliphatic rings. The molecule has 3 saturated heterocycles. The van der Waals surface area contributed by atoms with Gasteiger partial charge in [-0.2, -0.15) is 0 Å². The minimum atomic E-state index is -1.13. The van der Waals surface area contributed by atoms with Crippen molar-refractivity contribution in [2.45, 2.75) is 65.0 Å².